The monoisotopic (exact) mass is 289 g/mol. The Morgan fingerprint density at radius 2 is 1.86 bits per heavy atom. The maximum Gasteiger partial charge on any atom is 0.492 e. The van der Waals surface area contributed by atoms with E-state index in [1.807, 2.05) is 6.07 Å². The summed E-state index contributed by atoms with van der Waals surface area (Å²) in [4.78, 5) is 0. The predicted octanol–water partition coefficient (Wildman–Crippen LogP) is 1.10. The number of halogens is 2. The first-order valence-electron chi connectivity index (χ1n) is 5.97. The van der Waals surface area contributed by atoms with Crippen molar-refractivity contribution in [3.63, 3.8) is 0 Å². The molecular weight excluding hydrogens is 279 g/mol. The van der Waals surface area contributed by atoms with Crippen molar-refractivity contribution < 1.29 is 23.6 Å². The van der Waals surface area contributed by atoms with E-state index in [9.17, 15) is 8.78 Å². The molecule has 0 unspecified atom stereocenters. The van der Waals surface area contributed by atoms with Crippen LogP contribution in [0.2, 0.25) is 0 Å². The zero-order valence-corrected chi connectivity index (χ0v) is 10.8. The third-order valence-electron chi connectivity index (χ3n) is 2.73. The smallest absolute Gasteiger partial charge is 0.489 e. The minimum Gasteiger partial charge on any atom is -0.489 e. The zero-order valence-electron chi connectivity index (χ0n) is 10.8. The lowest BCUT2D eigenvalue weighted by Gasteiger charge is -2.11. The summed E-state index contributed by atoms with van der Waals surface area (Å²) < 4.78 is 31.7. The van der Waals surface area contributed by atoms with Crippen molar-refractivity contribution in [1.82, 2.24) is 0 Å². The number of nitrogens with zero attached hydrogens (tertiary/aromatic N) is 1. The van der Waals surface area contributed by atoms with Crippen molar-refractivity contribution in [2.45, 2.75) is 6.61 Å². The molecule has 21 heavy (non-hydrogen) atoms. The van der Waals surface area contributed by atoms with Gasteiger partial charge in [-0.15, -0.1) is 0 Å². The van der Waals surface area contributed by atoms with Crippen molar-refractivity contribution >= 4 is 12.6 Å². The maximum absolute atomic E-state index is 13.3. The maximum atomic E-state index is 13.3. The van der Waals surface area contributed by atoms with Crippen LogP contribution >= 0.6 is 0 Å². The third-order valence-corrected chi connectivity index (χ3v) is 2.73. The molecule has 7 heteroatoms. The van der Waals surface area contributed by atoms with E-state index in [0.717, 1.165) is 18.2 Å². The SMILES string of the molecule is N#Cc1cc(F)cc(COc2ccc(F)cc2B(O)O)c1. The molecule has 0 saturated carbocycles. The van der Waals surface area contributed by atoms with E-state index in [1.54, 1.807) is 0 Å². The van der Waals surface area contributed by atoms with E-state index < -0.39 is 18.8 Å². The minimum absolute atomic E-state index is 0.0640. The summed E-state index contributed by atoms with van der Waals surface area (Å²) >= 11 is 0. The molecule has 0 fully saturated rings. The molecule has 0 aliphatic heterocycles. The van der Waals surface area contributed by atoms with Gasteiger partial charge >= 0.3 is 7.12 Å². The van der Waals surface area contributed by atoms with Crippen LogP contribution < -0.4 is 10.2 Å². The molecule has 0 radical (unpaired) electrons. The number of hydrogen-bond donors (Lipinski definition) is 2. The Labute approximate surface area is 120 Å². The van der Waals surface area contributed by atoms with Gasteiger partial charge in [0.05, 0.1) is 11.6 Å². The molecule has 2 N–H and O–H groups in total. The van der Waals surface area contributed by atoms with Crippen LogP contribution in [0.1, 0.15) is 11.1 Å². The first kappa shape index (κ1) is 15.0. The second-order valence-electron chi connectivity index (χ2n) is 4.30. The Bertz CT molecular complexity index is 701. The highest BCUT2D eigenvalue weighted by Gasteiger charge is 2.18. The van der Waals surface area contributed by atoms with Crippen LogP contribution in [0, 0.1) is 23.0 Å². The topological polar surface area (TPSA) is 73.5 Å². The van der Waals surface area contributed by atoms with Crippen molar-refractivity contribution in [1.29, 1.82) is 5.26 Å². The van der Waals surface area contributed by atoms with Gasteiger partial charge in [-0.25, -0.2) is 8.78 Å². The normalized spacial score (nSPS) is 10.0. The van der Waals surface area contributed by atoms with Gasteiger partial charge in [0.25, 0.3) is 0 Å². The predicted molar refractivity (Wildman–Crippen MR) is 71.7 cm³/mol. The number of rotatable bonds is 4. The van der Waals surface area contributed by atoms with Gasteiger partial charge < -0.3 is 14.8 Å². The Balaban J connectivity index is 2.21. The lowest BCUT2D eigenvalue weighted by Crippen LogP contribution is -2.31. The molecule has 0 aliphatic carbocycles. The fourth-order valence-corrected chi connectivity index (χ4v) is 1.81. The molecular formula is C14H10BF2NO3. The highest BCUT2D eigenvalue weighted by Crippen LogP contribution is 2.14. The van der Waals surface area contributed by atoms with Gasteiger partial charge in [-0.05, 0) is 42.0 Å². The summed E-state index contributed by atoms with van der Waals surface area (Å²) in [5, 5.41) is 27.1. The van der Waals surface area contributed by atoms with Crippen molar-refractivity contribution in [3.8, 4) is 11.8 Å². The van der Waals surface area contributed by atoms with E-state index >= 15 is 0 Å². The van der Waals surface area contributed by atoms with Crippen LogP contribution in [0.4, 0.5) is 8.78 Å². The number of hydrogen-bond acceptors (Lipinski definition) is 4. The number of benzene rings is 2. The second kappa shape index (κ2) is 6.35. The molecule has 0 saturated heterocycles. The van der Waals surface area contributed by atoms with Crippen LogP contribution in [0.5, 0.6) is 5.75 Å². The molecule has 4 nitrogen and oxygen atoms in total. The zero-order chi connectivity index (χ0) is 15.4. The molecule has 0 aliphatic rings. The Hall–Kier alpha value is -2.43. The van der Waals surface area contributed by atoms with E-state index in [2.05, 4.69) is 0 Å². The van der Waals surface area contributed by atoms with Gasteiger partial charge in [-0.1, -0.05) is 0 Å². The molecule has 106 valence electrons. The quantitative estimate of drug-likeness (QED) is 0.826. The van der Waals surface area contributed by atoms with Crippen LogP contribution in [-0.2, 0) is 6.61 Å². The largest absolute Gasteiger partial charge is 0.492 e. The third kappa shape index (κ3) is 3.78. The highest BCUT2D eigenvalue weighted by molar-refractivity contribution is 6.59. The first-order valence-corrected chi connectivity index (χ1v) is 5.97. The molecule has 0 atom stereocenters. The summed E-state index contributed by atoms with van der Waals surface area (Å²) in [5.74, 6) is -1.15. The van der Waals surface area contributed by atoms with Crippen molar-refractivity contribution in [2.75, 3.05) is 0 Å². The van der Waals surface area contributed by atoms with Crippen LogP contribution in [0.3, 0.4) is 0 Å². The summed E-state index contributed by atoms with van der Waals surface area (Å²) in [5.41, 5.74) is 0.413. The molecule has 0 heterocycles. The van der Waals surface area contributed by atoms with Crippen molar-refractivity contribution in [3.05, 3.63) is 59.2 Å². The lowest BCUT2D eigenvalue weighted by atomic mass is 9.79. The average molecular weight is 289 g/mol. The molecule has 0 bridgehead atoms. The minimum atomic E-state index is -1.89. The first-order chi connectivity index (χ1) is 9.99. The standard InChI is InChI=1S/C14H10BF2NO3/c16-11-1-2-14(13(6-11)15(19)20)21-8-10-3-9(7-18)4-12(17)5-10/h1-6,19-20H,8H2. The molecule has 2 aromatic carbocycles. The van der Waals surface area contributed by atoms with E-state index in [4.69, 9.17) is 20.0 Å². The Kier molecular flexibility index (Phi) is 4.53. The molecule has 0 amide bonds. The van der Waals surface area contributed by atoms with E-state index in [-0.39, 0.29) is 23.4 Å². The highest BCUT2D eigenvalue weighted by atomic mass is 19.1. The van der Waals surface area contributed by atoms with Crippen LogP contribution in [-0.4, -0.2) is 17.2 Å². The van der Waals surface area contributed by atoms with Gasteiger partial charge in [0, 0.05) is 5.46 Å². The van der Waals surface area contributed by atoms with E-state index in [0.29, 0.717) is 5.56 Å². The van der Waals surface area contributed by atoms with Gasteiger partial charge in [-0.2, -0.15) is 5.26 Å². The lowest BCUT2D eigenvalue weighted by molar-refractivity contribution is 0.305. The summed E-state index contributed by atoms with van der Waals surface area (Å²) in [6, 6.07) is 8.83. The summed E-state index contributed by atoms with van der Waals surface area (Å²) in [6.07, 6.45) is 0. The summed E-state index contributed by atoms with van der Waals surface area (Å²) in [6.45, 7) is -0.0994. The van der Waals surface area contributed by atoms with Gasteiger partial charge in [0.1, 0.15) is 24.0 Å². The van der Waals surface area contributed by atoms with Crippen LogP contribution in [0.15, 0.2) is 36.4 Å². The van der Waals surface area contributed by atoms with Gasteiger partial charge in [0.15, 0.2) is 0 Å². The van der Waals surface area contributed by atoms with Gasteiger partial charge in [0.2, 0.25) is 0 Å². The molecule has 0 aromatic heterocycles. The average Bonchev–Trinajstić information content (AvgIpc) is 2.45. The number of ether oxygens (including phenoxy) is 1. The molecule has 2 aromatic rings. The fraction of sp³-hybridized carbons (Fsp3) is 0.0714. The van der Waals surface area contributed by atoms with Crippen LogP contribution in [0.25, 0.3) is 0 Å². The second-order valence-corrected chi connectivity index (χ2v) is 4.30. The van der Waals surface area contributed by atoms with E-state index in [1.165, 1.54) is 18.2 Å². The molecule has 0 spiro atoms. The summed E-state index contributed by atoms with van der Waals surface area (Å²) in [7, 11) is -1.89. The molecule has 2 rings (SSSR count). The number of nitriles is 1. The Morgan fingerprint density at radius 3 is 2.52 bits per heavy atom. The van der Waals surface area contributed by atoms with Crippen molar-refractivity contribution in [2.24, 2.45) is 0 Å². The van der Waals surface area contributed by atoms with Gasteiger partial charge in [-0.3, -0.25) is 0 Å². The Morgan fingerprint density at radius 1 is 1.10 bits per heavy atom. The fourth-order valence-electron chi connectivity index (χ4n) is 1.81.